The number of carboxylic acids is 2. The molecule has 0 unspecified atom stereocenters. The fourth-order valence-electron chi connectivity index (χ4n) is 11.8. The lowest BCUT2D eigenvalue weighted by Crippen LogP contribution is -2.27. The molecule has 0 aliphatic heterocycles. The Kier molecular flexibility index (Phi) is 32.1. The number of nitrogens with zero attached hydrogens (tertiary/aromatic N) is 3. The maximum Gasteiger partial charge on any atom is 0.416 e. The average Bonchev–Trinajstić information content (AvgIpc) is 0.835. The van der Waals surface area contributed by atoms with Gasteiger partial charge in [0.05, 0.1) is 22.3 Å². The maximum atomic E-state index is 13.7. The summed E-state index contributed by atoms with van der Waals surface area (Å²) in [6.07, 6.45) is -3.92. The van der Waals surface area contributed by atoms with Crippen molar-refractivity contribution in [3.05, 3.63) is 312 Å². The fourth-order valence-corrected chi connectivity index (χ4v) is 12.8. The van der Waals surface area contributed by atoms with E-state index in [4.69, 9.17) is 14.9 Å². The molecule has 10 nitrogen and oxygen atoms in total. The molecule has 0 aliphatic rings. The molecule has 558 valence electrons. The highest BCUT2D eigenvalue weighted by molar-refractivity contribution is 7.98. The zero-order chi connectivity index (χ0) is 76.3. The molecule has 0 aliphatic carbocycles. The van der Waals surface area contributed by atoms with Crippen LogP contribution in [0.1, 0.15) is 156 Å². The lowest BCUT2D eigenvalue weighted by Gasteiger charge is -2.23. The van der Waals surface area contributed by atoms with Gasteiger partial charge in [0.2, 0.25) is 0 Å². The van der Waals surface area contributed by atoms with Gasteiger partial charge in [-0.15, -0.1) is 0 Å². The summed E-state index contributed by atoms with van der Waals surface area (Å²) in [6, 6.07) is 56.3. The smallest absolute Gasteiger partial charge is 0.416 e. The van der Waals surface area contributed by atoms with Crippen LogP contribution in [-0.2, 0) is 80.5 Å². The van der Waals surface area contributed by atoms with Crippen molar-refractivity contribution in [2.24, 2.45) is 0 Å². The van der Waals surface area contributed by atoms with Crippen LogP contribution in [-0.4, -0.2) is 75.3 Å². The van der Waals surface area contributed by atoms with Gasteiger partial charge in [0.1, 0.15) is 5.75 Å². The van der Waals surface area contributed by atoms with Crippen LogP contribution in [0.3, 0.4) is 0 Å². The molecule has 9 aromatic rings. The van der Waals surface area contributed by atoms with Gasteiger partial charge in [0.25, 0.3) is 6.47 Å². The first-order valence-electron chi connectivity index (χ1n) is 34.8. The van der Waals surface area contributed by atoms with E-state index in [1.807, 2.05) is 36.9 Å². The van der Waals surface area contributed by atoms with Crippen LogP contribution in [0.25, 0.3) is 0 Å². The predicted octanol–water partition coefficient (Wildman–Crippen LogP) is 20.5. The zero-order valence-electron chi connectivity index (χ0n) is 60.5. The molecule has 0 aromatic heterocycles. The largest absolute Gasteiger partial charge is 0.478 e. The number of carboxylic acid groups (broad SMARTS) is 2. The zero-order valence-corrected chi connectivity index (χ0v) is 61.3. The van der Waals surface area contributed by atoms with Crippen LogP contribution in [0.4, 0.5) is 39.5 Å². The second-order valence-electron chi connectivity index (χ2n) is 27.6. The van der Waals surface area contributed by atoms with E-state index >= 15 is 0 Å². The number of ether oxygens (including phenoxy) is 1. The molecule has 0 saturated carbocycles. The number of carbonyl (C=O) groups excluding carboxylic acids is 1. The summed E-state index contributed by atoms with van der Waals surface area (Å²) in [5, 5.41) is 21.6. The van der Waals surface area contributed by atoms with Crippen LogP contribution in [0.2, 0.25) is 0 Å². The molecule has 3 N–H and O–H groups in total. The summed E-state index contributed by atoms with van der Waals surface area (Å²) >= 11 is 1.78. The number of aryl methyl sites for hydroxylation is 5. The van der Waals surface area contributed by atoms with Crippen molar-refractivity contribution in [2.45, 2.75) is 150 Å². The van der Waals surface area contributed by atoms with E-state index in [9.17, 15) is 53.9 Å². The van der Waals surface area contributed by atoms with Gasteiger partial charge in [-0.05, 0) is 200 Å². The van der Waals surface area contributed by atoms with E-state index in [2.05, 4.69) is 109 Å². The molecule has 0 saturated heterocycles. The summed E-state index contributed by atoms with van der Waals surface area (Å²) < 4.78 is 126. The minimum atomic E-state index is -4.39. The lowest BCUT2D eigenvalue weighted by molar-refractivity contribution is -0.138. The topological polar surface area (TPSA) is 123 Å². The van der Waals surface area contributed by atoms with E-state index < -0.39 is 52.9 Å². The standard InChI is InChI=1S/C32H38F3NO2.C27H28F3NO2S.C26H27F3N2O2/c1-24-18-27(20-29(19-24)32(33,34)35)22-36(21-26-11-15-30(16-12-26)38-23-37)17-7-5-6-8-25-9-13-28(14-10-25)31(2,3)4;1-19-3-5-22(6-4-19)18-34-12-11-31(16-21-7-9-24(10-8-21)26(32)33)17-23-13-20(2)14-25(15-23)27(28,29)30;1-18-3-5-19(6-4-18)15-30-11-2-12-31(16-20-7-9-22(10-8-20)26(32)33)17-21-13-23(27)25(29)24(28)14-21/h9-16,18-20,23H,5-8,17,21-22H2,1-4H3;3-10,13-15H,11-12,16-18H2,1-2H3,(H,32,33);3-10,13-14,30H,2,11-12,15-17H2,1H3,(H,32,33). The van der Waals surface area contributed by atoms with Crippen molar-refractivity contribution in [3.8, 4) is 5.75 Å². The Bertz CT molecular complexity index is 4170. The predicted molar refractivity (Wildman–Crippen MR) is 398 cm³/mol. The average molecular weight is 1470 g/mol. The van der Waals surface area contributed by atoms with Crippen LogP contribution in [0.5, 0.6) is 5.75 Å². The van der Waals surface area contributed by atoms with Gasteiger partial charge in [0, 0.05) is 70.4 Å². The van der Waals surface area contributed by atoms with Gasteiger partial charge >= 0.3 is 24.3 Å². The monoisotopic (exact) mass is 1470 g/mol. The molecule has 9 aromatic carbocycles. The van der Waals surface area contributed by atoms with E-state index in [0.29, 0.717) is 85.9 Å². The number of halogens is 9. The first-order valence-corrected chi connectivity index (χ1v) is 36.0. The second kappa shape index (κ2) is 40.4. The molecule has 0 atom stereocenters. The Hall–Kier alpha value is -9.05. The number of hydrogen-bond acceptors (Lipinski definition) is 9. The summed E-state index contributed by atoms with van der Waals surface area (Å²) in [4.78, 5) is 39.0. The Morgan fingerprint density at radius 3 is 1.28 bits per heavy atom. The van der Waals surface area contributed by atoms with Crippen LogP contribution < -0.4 is 10.1 Å². The third-order valence-corrected chi connectivity index (χ3v) is 18.4. The van der Waals surface area contributed by atoms with Crippen molar-refractivity contribution in [2.75, 3.05) is 31.9 Å². The molecule has 0 fully saturated rings. The Balaban J connectivity index is 0.000000221. The minimum absolute atomic E-state index is 0.141. The third-order valence-electron chi connectivity index (χ3n) is 17.4. The Labute approximate surface area is 615 Å². The van der Waals surface area contributed by atoms with Gasteiger partial charge in [-0.1, -0.05) is 171 Å². The molecule has 0 bridgehead atoms. The van der Waals surface area contributed by atoms with Gasteiger partial charge in [0.15, 0.2) is 17.5 Å². The number of hydrogen-bond donors (Lipinski definition) is 3. The van der Waals surface area contributed by atoms with Gasteiger partial charge in [-0.25, -0.2) is 22.8 Å². The van der Waals surface area contributed by atoms with Crippen LogP contribution in [0.15, 0.2) is 194 Å². The number of thioether (sulfide) groups is 1. The highest BCUT2D eigenvalue weighted by atomic mass is 32.2. The van der Waals surface area contributed by atoms with E-state index in [1.54, 1.807) is 80.2 Å². The highest BCUT2D eigenvalue weighted by Gasteiger charge is 2.32. The first kappa shape index (κ1) is 83.2. The van der Waals surface area contributed by atoms with Crippen LogP contribution >= 0.6 is 11.8 Å². The number of nitrogens with one attached hydrogen (secondary N) is 1. The van der Waals surface area contributed by atoms with Crippen LogP contribution in [0, 0.1) is 45.1 Å². The highest BCUT2D eigenvalue weighted by Crippen LogP contribution is 2.33. The van der Waals surface area contributed by atoms with Crippen molar-refractivity contribution in [1.29, 1.82) is 0 Å². The third kappa shape index (κ3) is 29.4. The number of aromatic carboxylic acids is 2. The second-order valence-corrected chi connectivity index (χ2v) is 28.7. The summed E-state index contributed by atoms with van der Waals surface area (Å²) in [6.45, 7) is 20.6. The number of alkyl halides is 6. The fraction of sp³-hybridized carbons (Fsp3) is 0.329. The summed E-state index contributed by atoms with van der Waals surface area (Å²) in [5.74, 6) is -3.76. The first-order chi connectivity index (χ1) is 49.8. The Morgan fingerprint density at radius 2 is 0.838 bits per heavy atom. The quantitative estimate of drug-likeness (QED) is 0.0158. The molecule has 0 spiro atoms. The number of benzene rings is 9. The van der Waals surface area contributed by atoms with E-state index in [1.165, 1.54) is 63.7 Å². The molecule has 0 radical (unpaired) electrons. The van der Waals surface area contributed by atoms with Gasteiger partial charge in [-0.2, -0.15) is 38.1 Å². The molecule has 9 rings (SSSR count). The molecular formula is C85H93F9N4O6S. The van der Waals surface area contributed by atoms with Crippen molar-refractivity contribution in [3.63, 3.8) is 0 Å². The molecule has 0 amide bonds. The number of unbranched alkanes of at least 4 members (excludes halogenated alkanes) is 2. The molecule has 105 heavy (non-hydrogen) atoms. The molecule has 0 heterocycles. The Morgan fingerprint density at radius 1 is 0.438 bits per heavy atom. The SMILES string of the molecule is Cc1cc(CN(CCCCCc2ccc(C(C)(C)C)cc2)Cc2ccc(OC=O)cc2)cc(C(F)(F)F)c1.Cc1ccc(CNCCCN(Cc2ccc(C(=O)O)cc2)Cc2cc(F)c(F)c(F)c2)cc1.Cc1ccc(CSCCN(Cc2ccc(C(=O)O)cc2)Cc2cc(C)cc(C(F)(F)F)c2)cc1. The van der Waals surface area contributed by atoms with Gasteiger partial charge in [-0.3, -0.25) is 19.5 Å². The molecule has 20 heteroatoms. The van der Waals surface area contributed by atoms with Gasteiger partial charge < -0.3 is 20.3 Å². The number of carbonyl (C=O) groups is 3. The van der Waals surface area contributed by atoms with Crippen molar-refractivity contribution < 1.29 is 68.8 Å². The van der Waals surface area contributed by atoms with Crippen molar-refractivity contribution >= 4 is 30.2 Å². The maximum absolute atomic E-state index is 13.7. The lowest BCUT2D eigenvalue weighted by atomic mass is 9.86. The minimum Gasteiger partial charge on any atom is -0.478 e. The summed E-state index contributed by atoms with van der Waals surface area (Å²) in [5.41, 5.74) is 12.3. The normalized spacial score (nSPS) is 11.7. The summed E-state index contributed by atoms with van der Waals surface area (Å²) in [7, 11) is 0. The van der Waals surface area contributed by atoms with E-state index in [0.717, 1.165) is 98.1 Å². The molecular weight excluding hydrogens is 1380 g/mol. The van der Waals surface area contributed by atoms with E-state index in [-0.39, 0.29) is 23.1 Å². The number of rotatable bonds is 33. The van der Waals surface area contributed by atoms with Crippen molar-refractivity contribution in [1.82, 2.24) is 20.0 Å².